The lowest BCUT2D eigenvalue weighted by molar-refractivity contribution is -0.102. The molecule has 0 fully saturated rings. The molecule has 0 aromatic heterocycles. The number of halogens is 2. The van der Waals surface area contributed by atoms with Gasteiger partial charge in [-0.2, -0.15) is 0 Å². The van der Waals surface area contributed by atoms with E-state index >= 15 is 0 Å². The molecular weight excluding hydrogens is 224 g/mol. The average Bonchev–Trinajstić information content (AvgIpc) is 2.37. The summed E-state index contributed by atoms with van der Waals surface area (Å²) < 4.78 is 26.8. The van der Waals surface area contributed by atoms with Crippen LogP contribution in [0.1, 0.15) is 11.7 Å². The zero-order chi connectivity index (χ0) is 12.5. The van der Waals surface area contributed by atoms with Crippen LogP contribution in [0.15, 0.2) is 42.5 Å². The average molecular weight is 237 g/mol. The van der Waals surface area contributed by atoms with Gasteiger partial charge in [-0.25, -0.2) is 8.78 Å². The topological polar surface area (TPSA) is 46.2 Å². The third-order valence-electron chi connectivity index (χ3n) is 2.79. The minimum Gasteiger partial charge on any atom is -0.382 e. The van der Waals surface area contributed by atoms with E-state index in [1.165, 1.54) is 6.07 Å². The Balaban J connectivity index is 2.56. The number of alkyl halides is 2. The molecule has 90 valence electrons. The normalized spacial score (nSPS) is 13.9. The van der Waals surface area contributed by atoms with E-state index in [0.717, 1.165) is 5.39 Å². The Labute approximate surface area is 97.7 Å². The van der Waals surface area contributed by atoms with Crippen molar-refractivity contribution in [2.75, 3.05) is 6.54 Å². The molecule has 17 heavy (non-hydrogen) atoms. The van der Waals surface area contributed by atoms with Gasteiger partial charge in [0.05, 0.1) is 6.54 Å². The number of hydrogen-bond donors (Lipinski definition) is 2. The van der Waals surface area contributed by atoms with E-state index in [1.54, 1.807) is 18.2 Å². The number of rotatable bonds is 3. The van der Waals surface area contributed by atoms with Crippen LogP contribution in [0.3, 0.4) is 0 Å². The summed E-state index contributed by atoms with van der Waals surface area (Å²) in [5, 5.41) is 11.2. The van der Waals surface area contributed by atoms with E-state index in [2.05, 4.69) is 0 Å². The lowest BCUT2D eigenvalue weighted by Crippen LogP contribution is -2.34. The summed E-state index contributed by atoms with van der Waals surface area (Å²) >= 11 is 0. The Morgan fingerprint density at radius 1 is 1.12 bits per heavy atom. The molecule has 0 bridgehead atoms. The molecule has 3 N–H and O–H groups in total. The SMILES string of the molecule is NCC(F)(F)C(O)c1cccc2ccccc12. The van der Waals surface area contributed by atoms with Crippen molar-refractivity contribution in [2.24, 2.45) is 5.73 Å². The van der Waals surface area contributed by atoms with Gasteiger partial charge in [0.15, 0.2) is 0 Å². The third kappa shape index (κ3) is 2.14. The fourth-order valence-electron chi connectivity index (χ4n) is 1.83. The van der Waals surface area contributed by atoms with E-state index in [9.17, 15) is 13.9 Å². The first-order chi connectivity index (χ1) is 8.06. The number of aliphatic hydroxyl groups excluding tert-OH is 1. The molecule has 0 aliphatic rings. The van der Waals surface area contributed by atoms with Crippen molar-refractivity contribution in [1.82, 2.24) is 0 Å². The molecule has 0 spiro atoms. The Kier molecular flexibility index (Phi) is 3.09. The zero-order valence-electron chi connectivity index (χ0n) is 9.11. The summed E-state index contributed by atoms with van der Waals surface area (Å²) in [6, 6.07) is 12.0. The van der Waals surface area contributed by atoms with Gasteiger partial charge in [0.25, 0.3) is 5.92 Å². The fraction of sp³-hybridized carbons (Fsp3) is 0.231. The van der Waals surface area contributed by atoms with E-state index in [4.69, 9.17) is 5.73 Å². The van der Waals surface area contributed by atoms with Crippen LogP contribution in [-0.4, -0.2) is 17.6 Å². The lowest BCUT2D eigenvalue weighted by atomic mass is 9.97. The van der Waals surface area contributed by atoms with Crippen molar-refractivity contribution in [3.63, 3.8) is 0 Å². The molecule has 4 heteroatoms. The second-order valence-electron chi connectivity index (χ2n) is 3.94. The summed E-state index contributed by atoms with van der Waals surface area (Å²) in [5.74, 6) is -3.32. The Morgan fingerprint density at radius 3 is 2.47 bits per heavy atom. The summed E-state index contributed by atoms with van der Waals surface area (Å²) in [5.41, 5.74) is 5.19. The monoisotopic (exact) mass is 237 g/mol. The molecule has 1 atom stereocenters. The minimum atomic E-state index is -3.32. The van der Waals surface area contributed by atoms with E-state index in [0.29, 0.717) is 5.39 Å². The van der Waals surface area contributed by atoms with Crippen molar-refractivity contribution in [2.45, 2.75) is 12.0 Å². The van der Waals surface area contributed by atoms with Crippen LogP contribution in [0, 0.1) is 0 Å². The highest BCUT2D eigenvalue weighted by Gasteiger charge is 2.38. The summed E-state index contributed by atoms with van der Waals surface area (Å²) in [7, 11) is 0. The van der Waals surface area contributed by atoms with Gasteiger partial charge in [-0.15, -0.1) is 0 Å². The van der Waals surface area contributed by atoms with Crippen molar-refractivity contribution < 1.29 is 13.9 Å². The van der Waals surface area contributed by atoms with Gasteiger partial charge in [0.1, 0.15) is 6.10 Å². The molecule has 0 amide bonds. The molecule has 0 aliphatic heterocycles. The second kappa shape index (κ2) is 4.39. The summed E-state index contributed by atoms with van der Waals surface area (Å²) in [4.78, 5) is 0. The summed E-state index contributed by atoms with van der Waals surface area (Å²) in [6.45, 7) is -0.878. The van der Waals surface area contributed by atoms with Gasteiger partial charge in [0, 0.05) is 0 Å². The van der Waals surface area contributed by atoms with E-state index in [-0.39, 0.29) is 5.56 Å². The van der Waals surface area contributed by atoms with Gasteiger partial charge >= 0.3 is 0 Å². The predicted octanol–water partition coefficient (Wildman–Crippen LogP) is 2.47. The van der Waals surface area contributed by atoms with Gasteiger partial charge < -0.3 is 10.8 Å². The Hall–Kier alpha value is -1.52. The number of nitrogens with two attached hydrogens (primary N) is 1. The van der Waals surface area contributed by atoms with Crippen LogP contribution in [0.5, 0.6) is 0 Å². The highest BCUT2D eigenvalue weighted by molar-refractivity contribution is 5.86. The highest BCUT2D eigenvalue weighted by atomic mass is 19.3. The smallest absolute Gasteiger partial charge is 0.289 e. The first kappa shape index (κ1) is 12.0. The fourth-order valence-corrected chi connectivity index (χ4v) is 1.83. The van der Waals surface area contributed by atoms with Gasteiger partial charge in [-0.3, -0.25) is 0 Å². The van der Waals surface area contributed by atoms with Crippen LogP contribution in [-0.2, 0) is 0 Å². The number of fused-ring (bicyclic) bond motifs is 1. The van der Waals surface area contributed by atoms with Crippen LogP contribution in [0.4, 0.5) is 8.78 Å². The molecule has 2 rings (SSSR count). The van der Waals surface area contributed by atoms with Crippen LogP contribution in [0.25, 0.3) is 10.8 Å². The molecular formula is C13H13F2NO. The van der Waals surface area contributed by atoms with Crippen molar-refractivity contribution >= 4 is 10.8 Å². The molecule has 0 saturated carbocycles. The maximum Gasteiger partial charge on any atom is 0.289 e. The van der Waals surface area contributed by atoms with Crippen LogP contribution in [0.2, 0.25) is 0 Å². The van der Waals surface area contributed by atoms with Gasteiger partial charge in [0.2, 0.25) is 0 Å². The maximum absolute atomic E-state index is 13.4. The third-order valence-corrected chi connectivity index (χ3v) is 2.79. The van der Waals surface area contributed by atoms with Gasteiger partial charge in [-0.1, -0.05) is 42.5 Å². The zero-order valence-corrected chi connectivity index (χ0v) is 9.11. The standard InChI is InChI=1S/C13H13F2NO/c14-13(15,8-16)12(17)11-7-3-5-9-4-1-2-6-10(9)11/h1-7,12,17H,8,16H2. The van der Waals surface area contributed by atoms with E-state index < -0.39 is 18.6 Å². The van der Waals surface area contributed by atoms with Crippen LogP contribution >= 0.6 is 0 Å². The van der Waals surface area contributed by atoms with Crippen molar-refractivity contribution in [3.05, 3.63) is 48.0 Å². The van der Waals surface area contributed by atoms with Crippen molar-refractivity contribution in [3.8, 4) is 0 Å². The molecule has 0 saturated heterocycles. The lowest BCUT2D eigenvalue weighted by Gasteiger charge is -2.22. The quantitative estimate of drug-likeness (QED) is 0.861. The molecule has 0 radical (unpaired) electrons. The van der Waals surface area contributed by atoms with E-state index in [1.807, 2.05) is 18.2 Å². The molecule has 2 nitrogen and oxygen atoms in total. The molecule has 2 aromatic carbocycles. The Bertz CT molecular complexity index is 522. The van der Waals surface area contributed by atoms with Gasteiger partial charge in [-0.05, 0) is 16.3 Å². The van der Waals surface area contributed by atoms with Crippen molar-refractivity contribution in [1.29, 1.82) is 0 Å². The Morgan fingerprint density at radius 2 is 1.76 bits per heavy atom. The van der Waals surface area contributed by atoms with Crippen LogP contribution < -0.4 is 5.73 Å². The molecule has 2 aromatic rings. The highest BCUT2D eigenvalue weighted by Crippen LogP contribution is 2.34. The first-order valence-corrected chi connectivity index (χ1v) is 5.30. The predicted molar refractivity (Wildman–Crippen MR) is 62.9 cm³/mol. The summed E-state index contributed by atoms with van der Waals surface area (Å²) in [6.07, 6.45) is -1.88. The largest absolute Gasteiger partial charge is 0.382 e. The molecule has 1 unspecified atom stereocenters. The molecule has 0 heterocycles. The first-order valence-electron chi connectivity index (χ1n) is 5.30. The number of hydrogen-bond acceptors (Lipinski definition) is 2. The minimum absolute atomic E-state index is 0.207. The number of aliphatic hydroxyl groups is 1. The number of benzene rings is 2. The molecule has 0 aliphatic carbocycles. The maximum atomic E-state index is 13.4. The second-order valence-corrected chi connectivity index (χ2v) is 3.94.